The fourth-order valence-corrected chi connectivity index (χ4v) is 4.41. The number of hydrogen-bond donors (Lipinski definition) is 1. The van der Waals surface area contributed by atoms with Crippen molar-refractivity contribution in [3.05, 3.63) is 23.9 Å². The Kier molecular flexibility index (Phi) is 4.21. The summed E-state index contributed by atoms with van der Waals surface area (Å²) in [6, 6.07) is 4.89. The number of rotatable bonds is 3. The van der Waals surface area contributed by atoms with Gasteiger partial charge < -0.3 is 5.32 Å². The van der Waals surface area contributed by atoms with Gasteiger partial charge in [-0.05, 0) is 38.3 Å². The van der Waals surface area contributed by atoms with Gasteiger partial charge in [0.2, 0.25) is 0 Å². The van der Waals surface area contributed by atoms with Crippen LogP contribution in [-0.2, 0) is 0 Å². The second-order valence-electron chi connectivity index (χ2n) is 5.42. The molecule has 0 spiro atoms. The van der Waals surface area contributed by atoms with E-state index in [1.807, 2.05) is 18.0 Å². The molecule has 18 heavy (non-hydrogen) atoms. The second-order valence-corrected chi connectivity index (χ2v) is 6.71. The van der Waals surface area contributed by atoms with E-state index in [0.29, 0.717) is 6.04 Å². The summed E-state index contributed by atoms with van der Waals surface area (Å²) < 4.78 is 0. The van der Waals surface area contributed by atoms with Crippen molar-refractivity contribution in [2.45, 2.75) is 61.3 Å². The molecular formula is C15H22N2S. The molecule has 1 aromatic rings. The molecule has 2 aliphatic rings. The first kappa shape index (κ1) is 12.5. The number of nitrogens with one attached hydrogen (secondary N) is 1. The molecule has 2 heterocycles. The van der Waals surface area contributed by atoms with Crippen LogP contribution in [0.15, 0.2) is 23.4 Å². The van der Waals surface area contributed by atoms with E-state index in [9.17, 15) is 0 Å². The van der Waals surface area contributed by atoms with E-state index < -0.39 is 0 Å². The van der Waals surface area contributed by atoms with Crippen LogP contribution in [0.2, 0.25) is 0 Å². The van der Waals surface area contributed by atoms with Crippen molar-refractivity contribution in [2.24, 2.45) is 0 Å². The Bertz CT molecular complexity index is 382. The smallest absolute Gasteiger partial charge is 0.101 e. The Hall–Kier alpha value is -0.540. The van der Waals surface area contributed by atoms with Crippen LogP contribution in [0.1, 0.15) is 56.6 Å². The lowest BCUT2D eigenvalue weighted by atomic mass is 10.0. The van der Waals surface area contributed by atoms with E-state index in [-0.39, 0.29) is 0 Å². The third-order valence-corrected chi connectivity index (χ3v) is 5.44. The van der Waals surface area contributed by atoms with Gasteiger partial charge in [0.1, 0.15) is 5.03 Å². The van der Waals surface area contributed by atoms with Gasteiger partial charge in [-0.15, -0.1) is 11.8 Å². The Labute approximate surface area is 114 Å². The zero-order valence-electron chi connectivity index (χ0n) is 10.9. The zero-order chi connectivity index (χ0) is 12.2. The van der Waals surface area contributed by atoms with Gasteiger partial charge in [0.15, 0.2) is 0 Å². The molecule has 0 bridgehead atoms. The van der Waals surface area contributed by atoms with Gasteiger partial charge in [-0.2, -0.15) is 0 Å². The molecule has 1 N–H and O–H groups in total. The minimum atomic E-state index is 0.546. The van der Waals surface area contributed by atoms with Crippen LogP contribution in [-0.4, -0.2) is 16.8 Å². The molecule has 3 heteroatoms. The molecule has 0 aromatic carbocycles. The largest absolute Gasteiger partial charge is 0.310 e. The molecule has 2 fully saturated rings. The topological polar surface area (TPSA) is 24.9 Å². The lowest BCUT2D eigenvalue weighted by Crippen LogP contribution is -2.15. The van der Waals surface area contributed by atoms with Crippen LogP contribution in [0.3, 0.4) is 0 Å². The molecule has 1 atom stereocenters. The molecule has 0 radical (unpaired) electrons. The average Bonchev–Trinajstić information content (AvgIpc) is 2.94. The molecule has 2 nitrogen and oxygen atoms in total. The van der Waals surface area contributed by atoms with Gasteiger partial charge in [0.25, 0.3) is 0 Å². The third-order valence-electron chi connectivity index (χ3n) is 4.07. The molecule has 98 valence electrons. The van der Waals surface area contributed by atoms with Crippen LogP contribution < -0.4 is 5.32 Å². The van der Waals surface area contributed by atoms with Crippen molar-refractivity contribution in [3.8, 4) is 0 Å². The predicted molar refractivity (Wildman–Crippen MR) is 76.9 cm³/mol. The zero-order valence-corrected chi connectivity index (χ0v) is 11.7. The van der Waals surface area contributed by atoms with Gasteiger partial charge in [-0.3, -0.25) is 0 Å². The highest BCUT2D eigenvalue weighted by atomic mass is 32.2. The molecule has 1 saturated heterocycles. The van der Waals surface area contributed by atoms with Crippen LogP contribution in [0.4, 0.5) is 0 Å². The lowest BCUT2D eigenvalue weighted by molar-refractivity contribution is 0.515. The lowest BCUT2D eigenvalue weighted by Gasteiger charge is -2.22. The van der Waals surface area contributed by atoms with Gasteiger partial charge in [0, 0.05) is 23.1 Å². The monoisotopic (exact) mass is 262 g/mol. The summed E-state index contributed by atoms with van der Waals surface area (Å²) in [6.07, 6.45) is 11.5. The van der Waals surface area contributed by atoms with Crippen LogP contribution >= 0.6 is 11.8 Å². The highest BCUT2D eigenvalue weighted by Gasteiger charge is 2.22. The van der Waals surface area contributed by atoms with Crippen molar-refractivity contribution in [3.63, 3.8) is 0 Å². The molecule has 3 rings (SSSR count). The standard InChI is InChI=1S/C15H22N2S/c1-2-6-12(7-3-1)18-15-13(8-4-11-17-15)14-9-5-10-16-14/h4,8,11-12,14,16H,1-3,5-7,9-10H2/t14-/m1/s1. The summed E-state index contributed by atoms with van der Waals surface area (Å²) in [4.78, 5) is 4.64. The molecule has 1 aliphatic carbocycles. The van der Waals surface area contributed by atoms with Gasteiger partial charge >= 0.3 is 0 Å². The van der Waals surface area contributed by atoms with Gasteiger partial charge in [0.05, 0.1) is 0 Å². The average molecular weight is 262 g/mol. The number of pyridine rings is 1. The highest BCUT2D eigenvalue weighted by Crippen LogP contribution is 2.37. The summed E-state index contributed by atoms with van der Waals surface area (Å²) in [5, 5.41) is 5.68. The van der Waals surface area contributed by atoms with Crippen molar-refractivity contribution in [1.29, 1.82) is 0 Å². The fourth-order valence-electron chi connectivity index (χ4n) is 3.06. The third kappa shape index (κ3) is 2.89. The summed E-state index contributed by atoms with van der Waals surface area (Å²) in [7, 11) is 0. The molecule has 1 saturated carbocycles. The summed E-state index contributed by atoms with van der Waals surface area (Å²) in [5.74, 6) is 0. The van der Waals surface area contributed by atoms with E-state index in [1.54, 1.807) is 0 Å². The van der Waals surface area contributed by atoms with E-state index in [0.717, 1.165) is 11.8 Å². The maximum absolute atomic E-state index is 4.64. The van der Waals surface area contributed by atoms with Crippen molar-refractivity contribution in [2.75, 3.05) is 6.54 Å². The van der Waals surface area contributed by atoms with Crippen LogP contribution in [0, 0.1) is 0 Å². The van der Waals surface area contributed by atoms with Crippen molar-refractivity contribution < 1.29 is 0 Å². The highest BCUT2D eigenvalue weighted by molar-refractivity contribution is 7.99. The van der Waals surface area contributed by atoms with Crippen molar-refractivity contribution >= 4 is 11.8 Å². The van der Waals surface area contributed by atoms with Gasteiger partial charge in [-0.25, -0.2) is 4.98 Å². The van der Waals surface area contributed by atoms with E-state index in [1.165, 1.54) is 55.5 Å². The maximum atomic E-state index is 4.64. The summed E-state index contributed by atoms with van der Waals surface area (Å²) in [5.41, 5.74) is 1.44. The van der Waals surface area contributed by atoms with Gasteiger partial charge in [-0.1, -0.05) is 25.3 Å². The van der Waals surface area contributed by atoms with E-state index in [2.05, 4.69) is 22.4 Å². The Balaban J connectivity index is 1.73. The number of nitrogens with zero attached hydrogens (tertiary/aromatic N) is 1. The van der Waals surface area contributed by atoms with E-state index >= 15 is 0 Å². The number of hydrogen-bond acceptors (Lipinski definition) is 3. The molecule has 1 aromatic heterocycles. The normalized spacial score (nSPS) is 25.4. The maximum Gasteiger partial charge on any atom is 0.101 e. The minimum absolute atomic E-state index is 0.546. The Morgan fingerprint density at radius 2 is 2.00 bits per heavy atom. The summed E-state index contributed by atoms with van der Waals surface area (Å²) in [6.45, 7) is 1.16. The fraction of sp³-hybridized carbons (Fsp3) is 0.667. The predicted octanol–water partition coefficient (Wildman–Crippen LogP) is 3.93. The van der Waals surface area contributed by atoms with Crippen LogP contribution in [0.5, 0.6) is 0 Å². The minimum Gasteiger partial charge on any atom is -0.310 e. The molecule has 1 aliphatic heterocycles. The quantitative estimate of drug-likeness (QED) is 0.893. The Morgan fingerprint density at radius 3 is 2.78 bits per heavy atom. The molecular weight excluding hydrogens is 240 g/mol. The van der Waals surface area contributed by atoms with E-state index in [4.69, 9.17) is 0 Å². The first-order valence-electron chi connectivity index (χ1n) is 7.28. The molecule has 0 unspecified atom stereocenters. The first-order valence-corrected chi connectivity index (χ1v) is 8.16. The van der Waals surface area contributed by atoms with Crippen LogP contribution in [0.25, 0.3) is 0 Å². The SMILES string of the molecule is c1cnc(SC2CCCCC2)c([C@H]2CCCN2)c1. The van der Waals surface area contributed by atoms with Crippen molar-refractivity contribution in [1.82, 2.24) is 10.3 Å². The first-order chi connectivity index (χ1) is 8.93. The second kappa shape index (κ2) is 6.07. The summed E-state index contributed by atoms with van der Waals surface area (Å²) >= 11 is 2.03. The Morgan fingerprint density at radius 1 is 1.11 bits per heavy atom. The number of aromatic nitrogens is 1. The number of thioether (sulfide) groups is 1. The molecule has 0 amide bonds.